The maximum atomic E-state index is 11.3. The van der Waals surface area contributed by atoms with Gasteiger partial charge in [0, 0.05) is 51.2 Å². The van der Waals surface area contributed by atoms with Gasteiger partial charge >= 0.3 is 0 Å². The number of anilines is 1. The molecule has 7 nitrogen and oxygen atoms in total. The normalized spacial score (nSPS) is 10.5. The van der Waals surface area contributed by atoms with E-state index >= 15 is 0 Å². The largest absolute Gasteiger partial charge is 0.437 e. The molecule has 2 heterocycles. The lowest BCUT2D eigenvalue weighted by Gasteiger charge is -2.22. The van der Waals surface area contributed by atoms with E-state index in [0.717, 1.165) is 10.6 Å². The van der Waals surface area contributed by atoms with Gasteiger partial charge in [0.05, 0.1) is 12.4 Å². The first kappa shape index (κ1) is 18.8. The number of carbonyl (C=O) groups excluding carboxylic acids is 1. The molecule has 0 atom stereocenters. The zero-order valence-electron chi connectivity index (χ0n) is 15.5. The number of benzene rings is 1. The summed E-state index contributed by atoms with van der Waals surface area (Å²) in [6.45, 7) is 2.81. The highest BCUT2D eigenvalue weighted by molar-refractivity contribution is 7.13. The molecular weight excluding hydrogens is 362 g/mol. The number of ether oxygens (including phenoxy) is 1. The van der Waals surface area contributed by atoms with Crippen molar-refractivity contribution < 1.29 is 9.53 Å². The first-order valence-corrected chi connectivity index (χ1v) is 9.33. The van der Waals surface area contributed by atoms with Gasteiger partial charge in [0.1, 0.15) is 10.8 Å². The Labute approximate surface area is 162 Å². The smallest absolute Gasteiger partial charge is 0.239 e. The summed E-state index contributed by atoms with van der Waals surface area (Å²) >= 11 is 1.59. The van der Waals surface area contributed by atoms with Crippen molar-refractivity contribution in [3.05, 3.63) is 48.2 Å². The molecule has 0 N–H and O–H groups in total. The van der Waals surface area contributed by atoms with Gasteiger partial charge in [0.2, 0.25) is 11.8 Å². The fraction of sp³-hybridized carbons (Fsp3) is 0.263. The molecule has 1 aromatic carbocycles. The van der Waals surface area contributed by atoms with E-state index in [1.165, 1.54) is 0 Å². The van der Waals surface area contributed by atoms with Crippen molar-refractivity contribution in [1.82, 2.24) is 19.9 Å². The standard InChI is InChI=1S/C19H21N5O2S/c1-14(25)23(2)9-10-24(3)17-12-20-13-18(22-17)26-16-6-4-15(5-7-16)19-21-8-11-27-19/h4-8,11-13H,9-10H2,1-3H3. The SMILES string of the molecule is CC(=O)N(C)CCN(C)c1cncc(Oc2ccc(-c3nccs3)cc2)n1. The first-order chi connectivity index (χ1) is 13.0. The Morgan fingerprint density at radius 2 is 1.93 bits per heavy atom. The van der Waals surface area contributed by atoms with Gasteiger partial charge < -0.3 is 14.5 Å². The number of rotatable bonds is 7. The van der Waals surface area contributed by atoms with E-state index in [1.807, 2.05) is 41.6 Å². The molecule has 0 spiro atoms. The second kappa shape index (κ2) is 8.59. The number of likely N-dealkylation sites (N-methyl/N-ethyl adjacent to an activating group) is 2. The van der Waals surface area contributed by atoms with Gasteiger partial charge in [-0.15, -0.1) is 11.3 Å². The highest BCUT2D eigenvalue weighted by Gasteiger charge is 2.09. The highest BCUT2D eigenvalue weighted by atomic mass is 32.1. The van der Waals surface area contributed by atoms with E-state index in [2.05, 4.69) is 15.0 Å². The van der Waals surface area contributed by atoms with Crippen LogP contribution >= 0.6 is 11.3 Å². The summed E-state index contributed by atoms with van der Waals surface area (Å²) in [6, 6.07) is 7.71. The molecule has 2 aromatic heterocycles. The van der Waals surface area contributed by atoms with Gasteiger partial charge in [-0.2, -0.15) is 4.98 Å². The third kappa shape index (κ3) is 5.01. The highest BCUT2D eigenvalue weighted by Crippen LogP contribution is 2.26. The molecule has 27 heavy (non-hydrogen) atoms. The third-order valence-corrected chi connectivity index (χ3v) is 4.88. The van der Waals surface area contributed by atoms with Gasteiger partial charge in [-0.3, -0.25) is 9.78 Å². The number of amides is 1. The second-order valence-corrected chi connectivity index (χ2v) is 6.94. The lowest BCUT2D eigenvalue weighted by atomic mass is 10.2. The molecule has 0 fully saturated rings. The average molecular weight is 383 g/mol. The van der Waals surface area contributed by atoms with Crippen molar-refractivity contribution in [3.8, 4) is 22.2 Å². The van der Waals surface area contributed by atoms with Crippen LogP contribution in [0.15, 0.2) is 48.2 Å². The molecule has 0 saturated heterocycles. The van der Waals surface area contributed by atoms with Crippen LogP contribution in [-0.4, -0.2) is 52.9 Å². The van der Waals surface area contributed by atoms with Crippen molar-refractivity contribution in [2.24, 2.45) is 0 Å². The van der Waals surface area contributed by atoms with E-state index in [9.17, 15) is 4.79 Å². The minimum atomic E-state index is 0.0350. The van der Waals surface area contributed by atoms with Crippen LogP contribution in [0, 0.1) is 0 Å². The summed E-state index contributed by atoms with van der Waals surface area (Å²) in [4.78, 5) is 27.9. The Kier molecular flexibility index (Phi) is 5.97. The molecule has 0 radical (unpaired) electrons. The topological polar surface area (TPSA) is 71.5 Å². The molecule has 0 bridgehead atoms. The maximum Gasteiger partial charge on any atom is 0.239 e. The summed E-state index contributed by atoms with van der Waals surface area (Å²) in [5.74, 6) is 1.82. The van der Waals surface area contributed by atoms with E-state index < -0.39 is 0 Å². The van der Waals surface area contributed by atoms with Crippen LogP contribution in [0.3, 0.4) is 0 Å². The lowest BCUT2D eigenvalue weighted by Crippen LogP contribution is -2.33. The number of carbonyl (C=O) groups is 1. The van der Waals surface area contributed by atoms with Crippen LogP contribution in [0.1, 0.15) is 6.92 Å². The van der Waals surface area contributed by atoms with Gasteiger partial charge in [0.25, 0.3) is 0 Å². The fourth-order valence-corrected chi connectivity index (χ4v) is 2.94. The molecule has 0 aliphatic rings. The molecule has 0 saturated carbocycles. The summed E-state index contributed by atoms with van der Waals surface area (Å²) < 4.78 is 5.82. The molecule has 1 amide bonds. The van der Waals surface area contributed by atoms with E-state index in [0.29, 0.717) is 30.5 Å². The Balaban J connectivity index is 1.64. The van der Waals surface area contributed by atoms with Crippen LogP contribution in [0.4, 0.5) is 5.82 Å². The Bertz CT molecular complexity index is 883. The Morgan fingerprint density at radius 3 is 2.59 bits per heavy atom. The molecule has 3 rings (SSSR count). The minimum absolute atomic E-state index is 0.0350. The summed E-state index contributed by atoms with van der Waals surface area (Å²) in [7, 11) is 3.68. The quantitative estimate of drug-likeness (QED) is 0.623. The molecule has 0 aliphatic heterocycles. The molecule has 8 heteroatoms. The molecule has 0 aliphatic carbocycles. The predicted molar refractivity (Wildman–Crippen MR) is 106 cm³/mol. The number of hydrogen-bond acceptors (Lipinski definition) is 7. The van der Waals surface area contributed by atoms with Gasteiger partial charge in [-0.25, -0.2) is 4.98 Å². The first-order valence-electron chi connectivity index (χ1n) is 8.45. The van der Waals surface area contributed by atoms with Crippen molar-refractivity contribution in [3.63, 3.8) is 0 Å². The Morgan fingerprint density at radius 1 is 1.15 bits per heavy atom. The number of aromatic nitrogens is 3. The van der Waals surface area contributed by atoms with Crippen molar-refractivity contribution in [2.75, 3.05) is 32.1 Å². The summed E-state index contributed by atoms with van der Waals surface area (Å²) in [5, 5.41) is 2.92. The van der Waals surface area contributed by atoms with Crippen molar-refractivity contribution >= 4 is 23.1 Å². The van der Waals surface area contributed by atoms with Crippen molar-refractivity contribution in [1.29, 1.82) is 0 Å². The van der Waals surface area contributed by atoms with Crippen LogP contribution in [-0.2, 0) is 4.79 Å². The van der Waals surface area contributed by atoms with Crippen LogP contribution in [0.25, 0.3) is 10.6 Å². The third-order valence-electron chi connectivity index (χ3n) is 4.06. The van der Waals surface area contributed by atoms with Crippen molar-refractivity contribution in [2.45, 2.75) is 6.92 Å². The van der Waals surface area contributed by atoms with E-state index in [-0.39, 0.29) is 5.91 Å². The van der Waals surface area contributed by atoms with E-state index in [4.69, 9.17) is 4.74 Å². The van der Waals surface area contributed by atoms with Crippen LogP contribution < -0.4 is 9.64 Å². The van der Waals surface area contributed by atoms with Crippen LogP contribution in [0.2, 0.25) is 0 Å². The molecule has 3 aromatic rings. The summed E-state index contributed by atoms with van der Waals surface area (Å²) in [5.41, 5.74) is 1.05. The van der Waals surface area contributed by atoms with E-state index in [1.54, 1.807) is 48.8 Å². The number of nitrogens with zero attached hydrogens (tertiary/aromatic N) is 5. The lowest BCUT2D eigenvalue weighted by molar-refractivity contribution is -0.127. The predicted octanol–water partition coefficient (Wildman–Crippen LogP) is 3.31. The maximum absolute atomic E-state index is 11.3. The molecule has 0 unspecified atom stereocenters. The number of thiazole rings is 1. The summed E-state index contributed by atoms with van der Waals surface area (Å²) in [6.07, 6.45) is 5.04. The number of hydrogen-bond donors (Lipinski definition) is 0. The minimum Gasteiger partial charge on any atom is -0.437 e. The Hall–Kier alpha value is -3.00. The van der Waals surface area contributed by atoms with Gasteiger partial charge in [-0.05, 0) is 24.3 Å². The fourth-order valence-electron chi connectivity index (χ4n) is 2.30. The van der Waals surface area contributed by atoms with Gasteiger partial charge in [0.15, 0.2) is 5.82 Å². The molecule has 140 valence electrons. The average Bonchev–Trinajstić information content (AvgIpc) is 3.21. The zero-order chi connectivity index (χ0) is 19.2. The van der Waals surface area contributed by atoms with Gasteiger partial charge in [-0.1, -0.05) is 0 Å². The monoisotopic (exact) mass is 383 g/mol. The second-order valence-electron chi connectivity index (χ2n) is 6.04. The zero-order valence-corrected chi connectivity index (χ0v) is 16.3. The van der Waals surface area contributed by atoms with Crippen LogP contribution in [0.5, 0.6) is 11.6 Å². The molecular formula is C19H21N5O2S.